The van der Waals surface area contributed by atoms with Crippen molar-refractivity contribution in [2.75, 3.05) is 5.73 Å². The van der Waals surface area contributed by atoms with E-state index in [9.17, 15) is 4.39 Å². The van der Waals surface area contributed by atoms with Crippen LogP contribution in [0.5, 0.6) is 5.75 Å². The fourth-order valence-electron chi connectivity index (χ4n) is 1.53. The van der Waals surface area contributed by atoms with Crippen molar-refractivity contribution in [3.63, 3.8) is 0 Å². The molecule has 0 aliphatic rings. The molecule has 0 saturated carbocycles. The Morgan fingerprint density at radius 2 is 2.00 bits per heavy atom. The molecule has 0 aliphatic carbocycles. The van der Waals surface area contributed by atoms with Crippen LogP contribution in [0.1, 0.15) is 11.1 Å². The molecule has 0 unspecified atom stereocenters. The fraction of sp³-hybridized carbons (Fsp3) is 0.143. The second-order valence-electron chi connectivity index (χ2n) is 4.06. The zero-order valence-corrected chi connectivity index (χ0v) is 11.5. The highest BCUT2D eigenvalue weighted by Crippen LogP contribution is 2.21. The van der Waals surface area contributed by atoms with E-state index in [0.717, 1.165) is 22.6 Å². The number of nitrogen functional groups attached to an aromatic ring is 1. The van der Waals surface area contributed by atoms with Crippen LogP contribution in [-0.2, 0) is 6.61 Å². The first-order chi connectivity index (χ1) is 8.56. The molecule has 0 heterocycles. The van der Waals surface area contributed by atoms with Crippen LogP contribution in [-0.4, -0.2) is 0 Å². The van der Waals surface area contributed by atoms with E-state index >= 15 is 0 Å². The molecule has 2 aromatic carbocycles. The van der Waals surface area contributed by atoms with Crippen LogP contribution in [0.25, 0.3) is 0 Å². The van der Waals surface area contributed by atoms with Gasteiger partial charge in [0.05, 0.1) is 4.47 Å². The normalized spacial score (nSPS) is 10.4. The molecule has 4 heteroatoms. The van der Waals surface area contributed by atoms with Crippen LogP contribution in [0.3, 0.4) is 0 Å². The third-order valence-electron chi connectivity index (χ3n) is 2.63. The highest BCUT2D eigenvalue weighted by atomic mass is 79.9. The summed E-state index contributed by atoms with van der Waals surface area (Å²) in [5.41, 5.74) is 8.35. The van der Waals surface area contributed by atoms with Crippen molar-refractivity contribution in [2.24, 2.45) is 0 Å². The molecule has 18 heavy (non-hydrogen) atoms. The zero-order valence-electron chi connectivity index (χ0n) is 9.91. The molecule has 0 aliphatic heterocycles. The number of hydrogen-bond donors (Lipinski definition) is 1. The Morgan fingerprint density at radius 3 is 2.67 bits per heavy atom. The first kappa shape index (κ1) is 12.9. The van der Waals surface area contributed by atoms with Gasteiger partial charge in [-0.3, -0.25) is 0 Å². The summed E-state index contributed by atoms with van der Waals surface area (Å²) >= 11 is 3.15. The molecule has 2 nitrogen and oxygen atoms in total. The van der Waals surface area contributed by atoms with E-state index in [2.05, 4.69) is 15.9 Å². The smallest absolute Gasteiger partial charge is 0.137 e. The molecule has 0 aromatic heterocycles. The summed E-state index contributed by atoms with van der Waals surface area (Å²) in [6.07, 6.45) is 0. The molecule has 2 N–H and O–H groups in total. The number of halogens is 2. The Kier molecular flexibility index (Phi) is 3.87. The minimum atomic E-state index is -0.276. The minimum Gasteiger partial charge on any atom is -0.489 e. The number of benzene rings is 2. The molecule has 0 radical (unpaired) electrons. The summed E-state index contributed by atoms with van der Waals surface area (Å²) in [4.78, 5) is 0. The van der Waals surface area contributed by atoms with Gasteiger partial charge in [0, 0.05) is 5.69 Å². The van der Waals surface area contributed by atoms with Gasteiger partial charge in [-0.2, -0.15) is 0 Å². The second-order valence-corrected chi connectivity index (χ2v) is 4.91. The fourth-order valence-corrected chi connectivity index (χ4v) is 1.96. The average Bonchev–Trinajstić information content (AvgIpc) is 2.35. The number of aryl methyl sites for hydroxylation is 1. The van der Waals surface area contributed by atoms with E-state index in [-0.39, 0.29) is 5.82 Å². The van der Waals surface area contributed by atoms with Crippen molar-refractivity contribution in [3.05, 3.63) is 57.8 Å². The van der Waals surface area contributed by atoms with Crippen molar-refractivity contribution in [1.29, 1.82) is 0 Å². The summed E-state index contributed by atoms with van der Waals surface area (Å²) in [5, 5.41) is 0. The van der Waals surface area contributed by atoms with E-state index < -0.39 is 0 Å². The van der Waals surface area contributed by atoms with E-state index in [1.807, 2.05) is 25.1 Å². The molecule has 0 fully saturated rings. The van der Waals surface area contributed by atoms with Crippen molar-refractivity contribution >= 4 is 21.6 Å². The SMILES string of the molecule is Cc1cc(OCc2ccc(F)c(Br)c2)ccc1N. The molecule has 0 spiro atoms. The van der Waals surface area contributed by atoms with Gasteiger partial charge < -0.3 is 10.5 Å². The standard InChI is InChI=1S/C14H13BrFNO/c1-9-6-11(3-5-14(9)17)18-8-10-2-4-13(16)12(15)7-10/h2-7H,8,17H2,1H3. The number of nitrogens with two attached hydrogens (primary N) is 1. The first-order valence-electron chi connectivity index (χ1n) is 5.49. The molecular formula is C14H13BrFNO. The molecule has 0 bridgehead atoms. The summed E-state index contributed by atoms with van der Waals surface area (Å²) in [6, 6.07) is 10.3. The lowest BCUT2D eigenvalue weighted by molar-refractivity contribution is 0.306. The van der Waals surface area contributed by atoms with E-state index in [1.54, 1.807) is 12.1 Å². The van der Waals surface area contributed by atoms with Gasteiger partial charge >= 0.3 is 0 Å². The maximum absolute atomic E-state index is 13.1. The van der Waals surface area contributed by atoms with Crippen LogP contribution >= 0.6 is 15.9 Å². The largest absolute Gasteiger partial charge is 0.489 e. The average molecular weight is 310 g/mol. The van der Waals surface area contributed by atoms with Crippen LogP contribution in [0.15, 0.2) is 40.9 Å². The van der Waals surface area contributed by atoms with Gasteiger partial charge in [-0.15, -0.1) is 0 Å². The summed E-state index contributed by atoms with van der Waals surface area (Å²) in [7, 11) is 0. The van der Waals surface area contributed by atoms with Crippen LogP contribution in [0.2, 0.25) is 0 Å². The topological polar surface area (TPSA) is 35.2 Å². The first-order valence-corrected chi connectivity index (χ1v) is 6.28. The Morgan fingerprint density at radius 1 is 1.22 bits per heavy atom. The molecule has 2 aromatic rings. The summed E-state index contributed by atoms with van der Waals surface area (Å²) < 4.78 is 19.1. The van der Waals surface area contributed by atoms with Crippen molar-refractivity contribution in [3.8, 4) is 5.75 Å². The Hall–Kier alpha value is -1.55. The molecular weight excluding hydrogens is 297 g/mol. The van der Waals surface area contributed by atoms with Crippen molar-refractivity contribution in [2.45, 2.75) is 13.5 Å². The van der Waals surface area contributed by atoms with Gasteiger partial charge in [-0.25, -0.2) is 4.39 Å². The molecule has 0 amide bonds. The van der Waals surface area contributed by atoms with Crippen LogP contribution in [0, 0.1) is 12.7 Å². The number of anilines is 1. The van der Waals surface area contributed by atoms with Gasteiger partial charge in [-0.05, 0) is 64.3 Å². The molecule has 0 saturated heterocycles. The molecule has 0 atom stereocenters. The Bertz CT molecular complexity index is 520. The third kappa shape index (κ3) is 3.01. The highest BCUT2D eigenvalue weighted by Gasteiger charge is 2.02. The minimum absolute atomic E-state index is 0.276. The Labute approximate surface area is 114 Å². The van der Waals surface area contributed by atoms with Gasteiger partial charge in [0.15, 0.2) is 0 Å². The molecule has 2 rings (SSSR count). The quantitative estimate of drug-likeness (QED) is 0.868. The number of ether oxygens (including phenoxy) is 1. The van der Waals surface area contributed by atoms with E-state index in [4.69, 9.17) is 10.5 Å². The van der Waals surface area contributed by atoms with Crippen molar-refractivity contribution < 1.29 is 9.13 Å². The number of rotatable bonds is 3. The van der Waals surface area contributed by atoms with Crippen LogP contribution < -0.4 is 10.5 Å². The Balaban J connectivity index is 2.06. The maximum atomic E-state index is 13.1. The maximum Gasteiger partial charge on any atom is 0.137 e. The monoisotopic (exact) mass is 309 g/mol. The van der Waals surface area contributed by atoms with Crippen LogP contribution in [0.4, 0.5) is 10.1 Å². The number of hydrogen-bond acceptors (Lipinski definition) is 2. The lowest BCUT2D eigenvalue weighted by Crippen LogP contribution is -1.97. The van der Waals surface area contributed by atoms with Gasteiger partial charge in [0.2, 0.25) is 0 Å². The molecule has 94 valence electrons. The van der Waals surface area contributed by atoms with Gasteiger partial charge in [0.1, 0.15) is 18.2 Å². The van der Waals surface area contributed by atoms with Crippen molar-refractivity contribution in [1.82, 2.24) is 0 Å². The van der Waals surface area contributed by atoms with Gasteiger partial charge in [-0.1, -0.05) is 6.07 Å². The third-order valence-corrected chi connectivity index (χ3v) is 3.24. The predicted molar refractivity (Wildman–Crippen MR) is 74.0 cm³/mol. The van der Waals surface area contributed by atoms with E-state index in [0.29, 0.717) is 11.1 Å². The van der Waals surface area contributed by atoms with Gasteiger partial charge in [0.25, 0.3) is 0 Å². The summed E-state index contributed by atoms with van der Waals surface area (Å²) in [5.74, 6) is 0.476. The summed E-state index contributed by atoms with van der Waals surface area (Å²) in [6.45, 7) is 2.32. The predicted octanol–water partition coefficient (Wildman–Crippen LogP) is 4.06. The van der Waals surface area contributed by atoms with E-state index in [1.165, 1.54) is 6.07 Å². The lowest BCUT2D eigenvalue weighted by atomic mass is 10.2. The highest BCUT2D eigenvalue weighted by molar-refractivity contribution is 9.10. The second kappa shape index (κ2) is 5.40. The zero-order chi connectivity index (χ0) is 13.1. The lowest BCUT2D eigenvalue weighted by Gasteiger charge is -2.08.